The molecule has 1 rings (SSSR count). The highest BCUT2D eigenvalue weighted by Gasteiger charge is 2.05. The van der Waals surface area contributed by atoms with E-state index in [-0.39, 0.29) is 11.2 Å². The molecule has 6 heteroatoms. The maximum absolute atomic E-state index is 11.3. The smallest absolute Gasteiger partial charge is 0.274 e. The molecule has 0 spiro atoms. The van der Waals surface area contributed by atoms with Crippen LogP contribution in [-0.4, -0.2) is 19.2 Å². The SMILES string of the molecule is Cn1cccc(NS(C)(=O)=O)c1=O. The van der Waals surface area contributed by atoms with Gasteiger partial charge in [0.05, 0.1) is 6.26 Å². The van der Waals surface area contributed by atoms with E-state index >= 15 is 0 Å². The van der Waals surface area contributed by atoms with Crippen molar-refractivity contribution in [3.63, 3.8) is 0 Å². The molecular formula is C7H10N2O3S. The van der Waals surface area contributed by atoms with Gasteiger partial charge in [0.2, 0.25) is 10.0 Å². The molecule has 0 fully saturated rings. The van der Waals surface area contributed by atoms with Gasteiger partial charge in [-0.05, 0) is 12.1 Å². The maximum atomic E-state index is 11.3. The van der Waals surface area contributed by atoms with E-state index in [4.69, 9.17) is 0 Å². The second kappa shape index (κ2) is 3.21. The third kappa shape index (κ3) is 2.59. The molecule has 0 unspecified atom stereocenters. The number of hydrogen-bond donors (Lipinski definition) is 1. The molecule has 0 aromatic carbocycles. The van der Waals surface area contributed by atoms with Crippen molar-refractivity contribution in [3.05, 3.63) is 28.7 Å². The minimum Gasteiger partial charge on any atom is -0.317 e. The van der Waals surface area contributed by atoms with Crippen molar-refractivity contribution in [3.8, 4) is 0 Å². The van der Waals surface area contributed by atoms with Crippen molar-refractivity contribution >= 4 is 15.7 Å². The van der Waals surface area contributed by atoms with Gasteiger partial charge in [-0.1, -0.05) is 0 Å². The van der Waals surface area contributed by atoms with E-state index in [0.717, 1.165) is 6.26 Å². The van der Waals surface area contributed by atoms with Crippen LogP contribution in [0, 0.1) is 0 Å². The molecule has 13 heavy (non-hydrogen) atoms. The minimum atomic E-state index is -3.38. The molecule has 1 aromatic rings. The lowest BCUT2D eigenvalue weighted by Crippen LogP contribution is -2.22. The molecule has 0 atom stereocenters. The quantitative estimate of drug-likeness (QED) is 0.719. The summed E-state index contributed by atoms with van der Waals surface area (Å²) in [6, 6.07) is 3.01. The van der Waals surface area contributed by atoms with Crippen LogP contribution in [0.15, 0.2) is 23.1 Å². The fraction of sp³-hybridized carbons (Fsp3) is 0.286. The number of rotatable bonds is 2. The molecule has 1 aromatic heterocycles. The lowest BCUT2D eigenvalue weighted by Gasteiger charge is -2.03. The minimum absolute atomic E-state index is 0.0625. The van der Waals surface area contributed by atoms with Crippen LogP contribution in [0.5, 0.6) is 0 Å². The van der Waals surface area contributed by atoms with E-state index in [9.17, 15) is 13.2 Å². The first-order valence-corrected chi connectivity index (χ1v) is 5.43. The fourth-order valence-corrected chi connectivity index (χ4v) is 1.43. The van der Waals surface area contributed by atoms with E-state index in [1.807, 2.05) is 0 Å². The molecule has 5 nitrogen and oxygen atoms in total. The summed E-state index contributed by atoms with van der Waals surface area (Å²) in [4.78, 5) is 11.3. The van der Waals surface area contributed by atoms with Crippen LogP contribution in [0.25, 0.3) is 0 Å². The summed E-state index contributed by atoms with van der Waals surface area (Å²) in [5.41, 5.74) is -0.305. The van der Waals surface area contributed by atoms with Crippen LogP contribution in [0.2, 0.25) is 0 Å². The third-order valence-electron chi connectivity index (χ3n) is 1.42. The van der Waals surface area contributed by atoms with E-state index in [2.05, 4.69) is 4.72 Å². The molecule has 72 valence electrons. The van der Waals surface area contributed by atoms with Crippen molar-refractivity contribution in [2.45, 2.75) is 0 Å². The summed E-state index contributed by atoms with van der Waals surface area (Å²) in [6.45, 7) is 0. The Morgan fingerprint density at radius 2 is 2.08 bits per heavy atom. The predicted octanol–water partition coefficient (Wildman–Crippen LogP) is -0.243. The second-order valence-electron chi connectivity index (χ2n) is 2.71. The Hall–Kier alpha value is -1.30. The number of sulfonamides is 1. The van der Waals surface area contributed by atoms with Crippen molar-refractivity contribution in [1.29, 1.82) is 0 Å². The first-order chi connectivity index (χ1) is 5.90. The summed E-state index contributed by atoms with van der Waals surface area (Å²) in [5, 5.41) is 0. The number of aryl methyl sites for hydroxylation is 1. The van der Waals surface area contributed by atoms with Crippen LogP contribution >= 0.6 is 0 Å². The summed E-state index contributed by atoms with van der Waals surface area (Å²) in [5.74, 6) is 0. The maximum Gasteiger partial charge on any atom is 0.274 e. The molecule has 0 bridgehead atoms. The molecule has 0 aliphatic carbocycles. The van der Waals surface area contributed by atoms with Gasteiger partial charge < -0.3 is 4.57 Å². The van der Waals surface area contributed by atoms with Gasteiger partial charge in [0, 0.05) is 13.2 Å². The molecular weight excluding hydrogens is 192 g/mol. The van der Waals surface area contributed by atoms with E-state index < -0.39 is 10.0 Å². The van der Waals surface area contributed by atoms with Gasteiger partial charge in [0.15, 0.2) is 0 Å². The average molecular weight is 202 g/mol. The summed E-state index contributed by atoms with van der Waals surface area (Å²) in [6.07, 6.45) is 2.55. The lowest BCUT2D eigenvalue weighted by molar-refractivity contribution is 0.606. The van der Waals surface area contributed by atoms with Gasteiger partial charge in [-0.15, -0.1) is 0 Å². The van der Waals surface area contributed by atoms with E-state index in [1.54, 1.807) is 19.3 Å². The first kappa shape index (κ1) is 9.79. The van der Waals surface area contributed by atoms with Gasteiger partial charge in [0.1, 0.15) is 5.69 Å². The first-order valence-electron chi connectivity index (χ1n) is 3.53. The highest BCUT2D eigenvalue weighted by Crippen LogP contribution is 1.99. The van der Waals surface area contributed by atoms with Gasteiger partial charge in [-0.25, -0.2) is 8.42 Å². The molecule has 1 N–H and O–H groups in total. The molecule has 0 aliphatic heterocycles. The number of nitrogens with one attached hydrogen (secondary N) is 1. The number of pyridine rings is 1. The second-order valence-corrected chi connectivity index (χ2v) is 4.46. The Balaban J connectivity index is 3.18. The molecule has 0 aliphatic rings. The fourth-order valence-electron chi connectivity index (χ4n) is 0.875. The van der Waals surface area contributed by atoms with Crippen LogP contribution in [0.3, 0.4) is 0 Å². The number of aromatic nitrogens is 1. The Morgan fingerprint density at radius 3 is 2.62 bits per heavy atom. The Labute approximate surface area is 76.1 Å². The van der Waals surface area contributed by atoms with Gasteiger partial charge in [-0.3, -0.25) is 9.52 Å². The monoisotopic (exact) mass is 202 g/mol. The molecule has 0 saturated heterocycles. The summed E-state index contributed by atoms with van der Waals surface area (Å²) in [7, 11) is -1.83. The average Bonchev–Trinajstić information content (AvgIpc) is 1.96. The third-order valence-corrected chi connectivity index (χ3v) is 2.01. The zero-order chi connectivity index (χ0) is 10.1. The number of hydrogen-bond acceptors (Lipinski definition) is 3. The zero-order valence-electron chi connectivity index (χ0n) is 7.31. The molecule has 0 amide bonds. The Bertz CT molecular complexity index is 461. The largest absolute Gasteiger partial charge is 0.317 e. The summed E-state index contributed by atoms with van der Waals surface area (Å²) < 4.78 is 25.0. The van der Waals surface area contributed by atoms with E-state index in [1.165, 1.54) is 10.6 Å². The normalized spacial score (nSPS) is 11.2. The topological polar surface area (TPSA) is 68.2 Å². The van der Waals surface area contributed by atoms with Crippen LogP contribution in [0.1, 0.15) is 0 Å². The van der Waals surface area contributed by atoms with E-state index in [0.29, 0.717) is 0 Å². The van der Waals surface area contributed by atoms with Crippen molar-refractivity contribution < 1.29 is 8.42 Å². The molecule has 1 heterocycles. The zero-order valence-corrected chi connectivity index (χ0v) is 8.13. The van der Waals surface area contributed by atoms with Crippen LogP contribution in [-0.2, 0) is 17.1 Å². The molecule has 0 radical (unpaired) electrons. The Kier molecular flexibility index (Phi) is 2.42. The van der Waals surface area contributed by atoms with Crippen molar-refractivity contribution in [1.82, 2.24) is 4.57 Å². The van der Waals surface area contributed by atoms with Crippen LogP contribution < -0.4 is 10.3 Å². The van der Waals surface area contributed by atoms with Crippen LogP contribution in [0.4, 0.5) is 5.69 Å². The molecule has 0 saturated carbocycles. The van der Waals surface area contributed by atoms with Crippen molar-refractivity contribution in [2.24, 2.45) is 7.05 Å². The predicted molar refractivity (Wildman–Crippen MR) is 50.1 cm³/mol. The van der Waals surface area contributed by atoms with Gasteiger partial charge in [0.25, 0.3) is 5.56 Å². The van der Waals surface area contributed by atoms with Crippen molar-refractivity contribution in [2.75, 3.05) is 11.0 Å². The Morgan fingerprint density at radius 1 is 1.46 bits per heavy atom. The number of anilines is 1. The summed E-state index contributed by atoms with van der Waals surface area (Å²) >= 11 is 0. The standard InChI is InChI=1S/C7H10N2O3S/c1-9-5-3-4-6(7(9)10)8-13(2,11)12/h3-5,8H,1-2H3. The van der Waals surface area contributed by atoms with Gasteiger partial charge in [-0.2, -0.15) is 0 Å². The highest BCUT2D eigenvalue weighted by atomic mass is 32.2. The lowest BCUT2D eigenvalue weighted by atomic mass is 10.4. The number of nitrogens with zero attached hydrogens (tertiary/aromatic N) is 1. The highest BCUT2D eigenvalue weighted by molar-refractivity contribution is 7.92. The van der Waals surface area contributed by atoms with Gasteiger partial charge >= 0.3 is 0 Å².